The summed E-state index contributed by atoms with van der Waals surface area (Å²) in [6.45, 7) is 3.09. The zero-order valence-corrected chi connectivity index (χ0v) is 23.2. The van der Waals surface area contributed by atoms with Crippen LogP contribution in [0.5, 0.6) is 0 Å². The number of rotatable bonds is 8. The van der Waals surface area contributed by atoms with Crippen molar-refractivity contribution >= 4 is 17.6 Å². The molecule has 4 rings (SSSR count). The van der Waals surface area contributed by atoms with Crippen LogP contribution in [-0.4, -0.2) is 66.7 Å². The molecule has 0 saturated heterocycles. The van der Waals surface area contributed by atoms with Crippen LogP contribution in [0.2, 0.25) is 0 Å². The number of hydrogen-bond donors (Lipinski definition) is 1. The number of methoxy groups -OCH3 is 2. The largest absolute Gasteiger partial charge is 0.466 e. The first-order valence-electron chi connectivity index (χ1n) is 12.6. The first-order valence-corrected chi connectivity index (χ1v) is 12.6. The van der Waals surface area contributed by atoms with Crippen molar-refractivity contribution in [1.29, 1.82) is 5.26 Å². The second kappa shape index (κ2) is 11.2. The molecule has 0 aliphatic carbocycles. The number of quaternary nitrogens is 1. The third-order valence-corrected chi connectivity index (χ3v) is 7.05. The quantitative estimate of drug-likeness (QED) is 0.323. The van der Waals surface area contributed by atoms with E-state index in [4.69, 9.17) is 9.47 Å². The Morgan fingerprint density at radius 2 is 1.93 bits per heavy atom. The predicted octanol–water partition coefficient (Wildman–Crippen LogP) is 3.87. The number of benzene rings is 2. The van der Waals surface area contributed by atoms with Crippen LogP contribution >= 0.6 is 0 Å². The number of carbonyl (C=O) groups excluding carboxylic acids is 1. The summed E-state index contributed by atoms with van der Waals surface area (Å²) in [5.41, 5.74) is 0.354. The van der Waals surface area contributed by atoms with Gasteiger partial charge in [-0.2, -0.15) is 18.4 Å². The number of anilines is 2. The number of H-pyrrole nitrogens is 1. The summed E-state index contributed by atoms with van der Waals surface area (Å²) in [7, 11) is 6.75. The molecule has 0 fully saturated rings. The number of alkyl halides is 3. The lowest BCUT2D eigenvalue weighted by atomic mass is 9.89. The minimum Gasteiger partial charge on any atom is -0.466 e. The van der Waals surface area contributed by atoms with Gasteiger partial charge in [0.25, 0.3) is 0 Å². The number of halogens is 3. The normalized spacial score (nSPS) is 15.5. The Hall–Kier alpha value is -4.41. The van der Waals surface area contributed by atoms with Crippen molar-refractivity contribution in [2.75, 3.05) is 46.4 Å². The summed E-state index contributed by atoms with van der Waals surface area (Å²) in [4.78, 5) is 27.9. The van der Waals surface area contributed by atoms with Crippen LogP contribution in [-0.2, 0) is 27.0 Å². The molecule has 1 atom stereocenters. The zero-order chi connectivity index (χ0) is 30.1. The van der Waals surface area contributed by atoms with Crippen molar-refractivity contribution in [2.45, 2.75) is 25.7 Å². The van der Waals surface area contributed by atoms with Crippen LogP contribution in [0.15, 0.2) is 58.5 Å². The van der Waals surface area contributed by atoms with Gasteiger partial charge in [-0.1, -0.05) is 12.1 Å². The lowest BCUT2D eigenvalue weighted by molar-refractivity contribution is -0.904. The van der Waals surface area contributed by atoms with E-state index in [1.54, 1.807) is 32.2 Å². The Morgan fingerprint density at radius 3 is 2.56 bits per heavy atom. The molecule has 0 amide bonds. The minimum absolute atomic E-state index is 0.00656. The number of allylic oxidation sites excluding steroid dienone is 1. The Labute approximate surface area is 234 Å². The van der Waals surface area contributed by atoms with Crippen LogP contribution in [0, 0.1) is 11.3 Å². The molecule has 0 bridgehead atoms. The Kier molecular flexibility index (Phi) is 8.10. The highest BCUT2D eigenvalue weighted by Crippen LogP contribution is 2.43. The van der Waals surface area contributed by atoms with Gasteiger partial charge >= 0.3 is 17.8 Å². The Balaban J connectivity index is 1.99. The SMILES string of the molecule is COCC[N+](C)(C)Cc1cc(C#N)ccc1[C@@H]1C(C(=O)OC)=C(C)N(c2cccc(C(F)(F)F)c2)c2n[nH]c(=O)n21. The fourth-order valence-electron chi connectivity index (χ4n) is 5.04. The van der Waals surface area contributed by atoms with E-state index in [0.717, 1.165) is 12.1 Å². The zero-order valence-electron chi connectivity index (χ0n) is 23.2. The fourth-order valence-corrected chi connectivity index (χ4v) is 5.04. The molecule has 10 nitrogen and oxygen atoms in total. The number of nitrogens with zero attached hydrogens (tertiary/aromatic N) is 5. The highest BCUT2D eigenvalue weighted by atomic mass is 19.4. The number of hydrogen-bond acceptors (Lipinski definition) is 7. The molecule has 0 radical (unpaired) electrons. The fraction of sp³-hybridized carbons (Fsp3) is 0.357. The Morgan fingerprint density at radius 1 is 1.20 bits per heavy atom. The van der Waals surface area contributed by atoms with Gasteiger partial charge in [0.05, 0.1) is 50.6 Å². The molecule has 1 aliphatic heterocycles. The van der Waals surface area contributed by atoms with E-state index >= 15 is 0 Å². The van der Waals surface area contributed by atoms with Crippen LogP contribution in [0.25, 0.3) is 0 Å². The number of fused-ring (bicyclic) bond motifs is 1. The first-order chi connectivity index (χ1) is 19.3. The van der Waals surface area contributed by atoms with Crippen LogP contribution in [0.4, 0.5) is 24.8 Å². The van der Waals surface area contributed by atoms with Gasteiger partial charge < -0.3 is 14.0 Å². The third kappa shape index (κ3) is 5.75. The number of likely N-dealkylation sites (N-methyl/N-ethyl adjacent to an activating group) is 1. The monoisotopic (exact) mass is 571 g/mol. The third-order valence-electron chi connectivity index (χ3n) is 7.05. The second-order valence-electron chi connectivity index (χ2n) is 10.3. The second-order valence-corrected chi connectivity index (χ2v) is 10.3. The molecule has 1 aliphatic rings. The summed E-state index contributed by atoms with van der Waals surface area (Å²) in [6, 6.07) is 10.6. The number of aromatic amines is 1. The molecule has 1 N–H and O–H groups in total. The van der Waals surface area contributed by atoms with E-state index in [0.29, 0.717) is 40.9 Å². The number of nitrogens with one attached hydrogen (secondary N) is 1. The minimum atomic E-state index is -4.62. The average molecular weight is 572 g/mol. The number of aromatic nitrogens is 3. The molecule has 2 heterocycles. The maximum Gasteiger partial charge on any atom is 0.416 e. The summed E-state index contributed by atoms with van der Waals surface area (Å²) in [5.74, 6) is -0.778. The molecular weight excluding hydrogens is 541 g/mol. The summed E-state index contributed by atoms with van der Waals surface area (Å²) in [5, 5.41) is 16.1. The van der Waals surface area contributed by atoms with E-state index in [1.807, 2.05) is 14.1 Å². The van der Waals surface area contributed by atoms with Crippen molar-refractivity contribution in [1.82, 2.24) is 14.8 Å². The smallest absolute Gasteiger partial charge is 0.416 e. The van der Waals surface area contributed by atoms with E-state index in [9.17, 15) is 28.0 Å². The lowest BCUT2D eigenvalue weighted by Gasteiger charge is -2.37. The van der Waals surface area contributed by atoms with Gasteiger partial charge in [-0.05, 0) is 42.8 Å². The predicted molar refractivity (Wildman–Crippen MR) is 143 cm³/mol. The summed E-state index contributed by atoms with van der Waals surface area (Å²) < 4.78 is 52.8. The standard InChI is InChI=1S/C28H29F3N6O4/c1-17-23(25(38)41-5)24(22-10-9-18(15-32)13-19(22)16-37(2,3)11-12-40-4)36-26(33-34-27(36)39)35(17)21-8-6-7-20(14-21)28(29,30)31/h6-10,13-14,24H,11-12,16H2,1-5H3/p+1/t24-/m1/s1. The molecule has 0 unspecified atom stereocenters. The van der Waals surface area contributed by atoms with Gasteiger partial charge in [-0.25, -0.2) is 19.3 Å². The molecule has 3 aromatic rings. The lowest BCUT2D eigenvalue weighted by Crippen LogP contribution is -2.42. The van der Waals surface area contributed by atoms with E-state index in [-0.39, 0.29) is 22.9 Å². The maximum atomic E-state index is 13.6. The van der Waals surface area contributed by atoms with Gasteiger partial charge in [0, 0.05) is 24.1 Å². The Bertz CT molecular complexity index is 1600. The van der Waals surface area contributed by atoms with Crippen molar-refractivity contribution in [3.05, 3.63) is 86.5 Å². The van der Waals surface area contributed by atoms with Gasteiger partial charge in [0.2, 0.25) is 5.95 Å². The number of esters is 1. The maximum absolute atomic E-state index is 13.6. The first kappa shape index (κ1) is 29.6. The summed E-state index contributed by atoms with van der Waals surface area (Å²) >= 11 is 0. The van der Waals surface area contributed by atoms with E-state index in [1.165, 1.54) is 28.7 Å². The molecule has 0 saturated carbocycles. The van der Waals surface area contributed by atoms with E-state index in [2.05, 4.69) is 16.3 Å². The number of carbonyl (C=O) groups is 1. The highest BCUT2D eigenvalue weighted by molar-refractivity contribution is 5.93. The average Bonchev–Trinajstić information content (AvgIpc) is 3.30. The molecule has 41 heavy (non-hydrogen) atoms. The van der Waals surface area contributed by atoms with E-state index < -0.39 is 29.4 Å². The van der Waals surface area contributed by atoms with Crippen molar-refractivity contribution in [3.8, 4) is 6.07 Å². The molecular formula is C28H30F3N6O4+. The van der Waals surface area contributed by atoms with Gasteiger partial charge in [0.1, 0.15) is 19.1 Å². The van der Waals surface area contributed by atoms with Gasteiger partial charge in [0.15, 0.2) is 0 Å². The number of ether oxygens (including phenoxy) is 2. The molecule has 216 valence electrons. The van der Waals surface area contributed by atoms with Crippen molar-refractivity contribution in [3.63, 3.8) is 0 Å². The molecule has 1 aromatic heterocycles. The van der Waals surface area contributed by atoms with Crippen molar-refractivity contribution in [2.24, 2.45) is 0 Å². The topological polar surface area (TPSA) is 113 Å². The van der Waals surface area contributed by atoms with Gasteiger partial charge in [-0.15, -0.1) is 5.10 Å². The van der Waals surface area contributed by atoms with Crippen LogP contribution in [0.1, 0.15) is 35.2 Å². The molecule has 2 aromatic carbocycles. The van der Waals surface area contributed by atoms with Crippen molar-refractivity contribution < 1.29 is 31.9 Å². The van der Waals surface area contributed by atoms with Gasteiger partial charge in [-0.3, -0.25) is 4.90 Å². The highest BCUT2D eigenvalue weighted by Gasteiger charge is 2.41. The molecule has 13 heteroatoms. The van der Waals surface area contributed by atoms with Crippen LogP contribution < -0.4 is 10.6 Å². The number of nitriles is 1. The van der Waals surface area contributed by atoms with Crippen LogP contribution in [0.3, 0.4) is 0 Å². The molecule has 0 spiro atoms. The summed E-state index contributed by atoms with van der Waals surface area (Å²) in [6.07, 6.45) is -4.62.